The first-order valence-corrected chi connectivity index (χ1v) is 12.3. The minimum absolute atomic E-state index is 0.0659. The average molecular weight is 479 g/mol. The summed E-state index contributed by atoms with van der Waals surface area (Å²) in [5, 5.41) is 2.84. The van der Waals surface area contributed by atoms with Gasteiger partial charge in [-0.3, -0.25) is 15.6 Å². The van der Waals surface area contributed by atoms with Crippen LogP contribution >= 0.6 is 34.3 Å². The van der Waals surface area contributed by atoms with Gasteiger partial charge in [0.25, 0.3) is 0 Å². The van der Waals surface area contributed by atoms with Gasteiger partial charge in [0.1, 0.15) is 10.8 Å². The molecule has 4 rings (SSSR count). The molecule has 0 aliphatic carbocycles. The summed E-state index contributed by atoms with van der Waals surface area (Å²) >= 11 is 9.02. The topological polar surface area (TPSA) is 57.3 Å². The summed E-state index contributed by atoms with van der Waals surface area (Å²) in [6.07, 6.45) is 3.04. The standard InChI is InChI=1S/C22H24ClFN4OS2/c1-28(21(29)12-17-13-30-22(25-17)19-7-8-20(23)31-19)9-3-6-16-11-18(27-26-16)14-4-2-5-15(24)10-14/h2,4-5,7-8,10,13,16,18,26-27H,3,6,9,11-12H2,1H3. The second-order valence-electron chi connectivity index (χ2n) is 7.71. The van der Waals surface area contributed by atoms with Crippen LogP contribution in [-0.4, -0.2) is 35.4 Å². The van der Waals surface area contributed by atoms with E-state index < -0.39 is 0 Å². The van der Waals surface area contributed by atoms with Crippen molar-refractivity contribution < 1.29 is 9.18 Å². The number of rotatable bonds is 8. The van der Waals surface area contributed by atoms with E-state index in [1.807, 2.05) is 30.6 Å². The van der Waals surface area contributed by atoms with Crippen LogP contribution in [0.4, 0.5) is 4.39 Å². The van der Waals surface area contributed by atoms with Crippen LogP contribution in [0.3, 0.4) is 0 Å². The van der Waals surface area contributed by atoms with Crippen molar-refractivity contribution in [2.75, 3.05) is 13.6 Å². The van der Waals surface area contributed by atoms with Crippen LogP contribution < -0.4 is 10.9 Å². The summed E-state index contributed by atoms with van der Waals surface area (Å²) in [4.78, 5) is 19.9. The molecule has 0 spiro atoms. The number of thiophene rings is 1. The van der Waals surface area contributed by atoms with Crippen molar-refractivity contribution in [3.8, 4) is 9.88 Å². The molecule has 9 heteroatoms. The molecule has 164 valence electrons. The fourth-order valence-corrected chi connectivity index (χ4v) is 5.61. The molecule has 1 aliphatic rings. The Bertz CT molecular complexity index is 1040. The van der Waals surface area contributed by atoms with Crippen LogP contribution in [0.25, 0.3) is 9.88 Å². The first-order valence-electron chi connectivity index (χ1n) is 10.2. The third-order valence-electron chi connectivity index (χ3n) is 5.37. The van der Waals surface area contributed by atoms with E-state index in [9.17, 15) is 9.18 Å². The molecule has 31 heavy (non-hydrogen) atoms. The van der Waals surface area contributed by atoms with Crippen molar-refractivity contribution >= 4 is 40.2 Å². The van der Waals surface area contributed by atoms with E-state index >= 15 is 0 Å². The highest BCUT2D eigenvalue weighted by atomic mass is 35.5. The Kier molecular flexibility index (Phi) is 7.35. The lowest BCUT2D eigenvalue weighted by atomic mass is 9.99. The molecule has 3 heterocycles. The first-order chi connectivity index (χ1) is 15.0. The van der Waals surface area contributed by atoms with E-state index in [0.717, 1.165) is 44.7 Å². The molecule has 1 aliphatic heterocycles. The molecule has 0 radical (unpaired) electrons. The van der Waals surface area contributed by atoms with Crippen LogP contribution in [0.2, 0.25) is 4.34 Å². The zero-order valence-electron chi connectivity index (χ0n) is 17.1. The maximum atomic E-state index is 13.4. The minimum Gasteiger partial charge on any atom is -0.345 e. The van der Waals surface area contributed by atoms with Gasteiger partial charge in [0.2, 0.25) is 5.91 Å². The maximum absolute atomic E-state index is 13.4. The molecule has 1 amide bonds. The van der Waals surface area contributed by atoms with Crippen LogP contribution in [0, 0.1) is 5.82 Å². The monoisotopic (exact) mass is 478 g/mol. The number of hydrogen-bond acceptors (Lipinski definition) is 6. The second-order valence-corrected chi connectivity index (χ2v) is 10.3. The minimum atomic E-state index is -0.214. The Balaban J connectivity index is 1.20. The molecule has 5 nitrogen and oxygen atoms in total. The van der Waals surface area contributed by atoms with Gasteiger partial charge in [-0.25, -0.2) is 9.37 Å². The Labute approximate surface area is 194 Å². The molecule has 1 aromatic carbocycles. The number of carbonyl (C=O) groups is 1. The van der Waals surface area contributed by atoms with Crippen molar-refractivity contribution in [1.29, 1.82) is 0 Å². The third-order valence-corrected chi connectivity index (χ3v) is 7.66. The molecule has 2 aromatic heterocycles. The molecular formula is C22H24ClFN4OS2. The molecule has 2 unspecified atom stereocenters. The van der Waals surface area contributed by atoms with Crippen molar-refractivity contribution in [1.82, 2.24) is 20.7 Å². The van der Waals surface area contributed by atoms with Gasteiger partial charge in [-0.2, -0.15) is 0 Å². The summed E-state index contributed by atoms with van der Waals surface area (Å²) < 4.78 is 14.2. The molecule has 1 fully saturated rings. The fraction of sp³-hybridized carbons (Fsp3) is 0.364. The normalized spacial score (nSPS) is 18.4. The summed E-state index contributed by atoms with van der Waals surface area (Å²) in [6.45, 7) is 0.694. The van der Waals surface area contributed by atoms with Gasteiger partial charge < -0.3 is 4.90 Å². The smallest absolute Gasteiger partial charge is 0.228 e. The van der Waals surface area contributed by atoms with Gasteiger partial charge in [0, 0.05) is 31.1 Å². The number of amides is 1. The number of thiazole rings is 1. The molecular weight excluding hydrogens is 455 g/mol. The van der Waals surface area contributed by atoms with Gasteiger partial charge in [0.05, 0.1) is 21.3 Å². The lowest BCUT2D eigenvalue weighted by molar-refractivity contribution is -0.129. The molecule has 0 saturated carbocycles. The van der Waals surface area contributed by atoms with Crippen LogP contribution in [-0.2, 0) is 11.2 Å². The molecule has 2 atom stereocenters. The van der Waals surface area contributed by atoms with Crippen molar-refractivity contribution in [3.05, 3.63) is 63.2 Å². The predicted octanol–water partition coefficient (Wildman–Crippen LogP) is 5.05. The highest BCUT2D eigenvalue weighted by Gasteiger charge is 2.25. The number of nitrogens with zero attached hydrogens (tertiary/aromatic N) is 2. The van der Waals surface area contributed by atoms with Gasteiger partial charge in [-0.1, -0.05) is 23.7 Å². The van der Waals surface area contributed by atoms with E-state index in [1.54, 1.807) is 17.0 Å². The summed E-state index contributed by atoms with van der Waals surface area (Å²) in [6, 6.07) is 10.9. The van der Waals surface area contributed by atoms with Gasteiger partial charge in [-0.15, -0.1) is 22.7 Å². The van der Waals surface area contributed by atoms with Crippen LogP contribution in [0.15, 0.2) is 41.8 Å². The lowest BCUT2D eigenvalue weighted by Gasteiger charge is -2.18. The third kappa shape index (κ3) is 5.90. The Hall–Kier alpha value is -1.84. The van der Waals surface area contributed by atoms with Crippen LogP contribution in [0.1, 0.15) is 36.6 Å². The van der Waals surface area contributed by atoms with Gasteiger partial charge in [-0.05, 0) is 49.1 Å². The second kappa shape index (κ2) is 10.2. The Morgan fingerprint density at radius 1 is 1.32 bits per heavy atom. The Morgan fingerprint density at radius 3 is 2.97 bits per heavy atom. The van der Waals surface area contributed by atoms with E-state index in [0.29, 0.717) is 19.0 Å². The number of carbonyl (C=O) groups excluding carboxylic acids is 1. The SMILES string of the molecule is CN(CCCC1CC(c2cccc(F)c2)NN1)C(=O)Cc1csc(-c2ccc(Cl)s2)n1. The molecule has 1 saturated heterocycles. The van der Waals surface area contributed by atoms with Crippen molar-refractivity contribution in [3.63, 3.8) is 0 Å². The maximum Gasteiger partial charge on any atom is 0.228 e. The number of likely N-dealkylation sites (N-methyl/N-ethyl adjacent to an activating group) is 1. The Morgan fingerprint density at radius 2 is 2.19 bits per heavy atom. The number of hydrazine groups is 1. The molecule has 0 bridgehead atoms. The van der Waals surface area contributed by atoms with E-state index in [-0.39, 0.29) is 17.8 Å². The lowest BCUT2D eigenvalue weighted by Crippen LogP contribution is -2.33. The number of hydrogen-bond donors (Lipinski definition) is 2. The fourth-order valence-electron chi connectivity index (χ4n) is 3.67. The predicted molar refractivity (Wildman–Crippen MR) is 125 cm³/mol. The summed E-state index contributed by atoms with van der Waals surface area (Å²) in [5.41, 5.74) is 8.29. The van der Waals surface area contributed by atoms with Gasteiger partial charge in [0.15, 0.2) is 0 Å². The zero-order chi connectivity index (χ0) is 21.8. The highest BCUT2D eigenvalue weighted by molar-refractivity contribution is 7.23. The quantitative estimate of drug-likeness (QED) is 0.475. The number of aromatic nitrogens is 1. The molecule has 2 N–H and O–H groups in total. The highest BCUT2D eigenvalue weighted by Crippen LogP contribution is 2.33. The summed E-state index contributed by atoms with van der Waals surface area (Å²) in [5.74, 6) is -0.148. The largest absolute Gasteiger partial charge is 0.345 e. The zero-order valence-corrected chi connectivity index (χ0v) is 19.5. The molecule has 3 aromatic rings. The summed E-state index contributed by atoms with van der Waals surface area (Å²) in [7, 11) is 1.84. The number of benzene rings is 1. The van der Waals surface area contributed by atoms with Crippen molar-refractivity contribution in [2.24, 2.45) is 0 Å². The van der Waals surface area contributed by atoms with Crippen LogP contribution in [0.5, 0.6) is 0 Å². The average Bonchev–Trinajstić information content (AvgIpc) is 3.49. The van der Waals surface area contributed by atoms with Crippen molar-refractivity contribution in [2.45, 2.75) is 37.8 Å². The number of nitrogens with one attached hydrogen (secondary N) is 2. The van der Waals surface area contributed by atoms with E-state index in [1.165, 1.54) is 28.7 Å². The van der Waals surface area contributed by atoms with E-state index in [2.05, 4.69) is 15.8 Å². The van der Waals surface area contributed by atoms with Gasteiger partial charge >= 0.3 is 0 Å². The first kappa shape index (κ1) is 22.4. The van der Waals surface area contributed by atoms with E-state index in [4.69, 9.17) is 11.6 Å². The number of halogens is 2.